The van der Waals surface area contributed by atoms with Crippen molar-refractivity contribution >= 4 is 0 Å². The number of hydrogen-bond donors (Lipinski definition) is 2. The number of nitrogens with one attached hydrogen (secondary N) is 1. The van der Waals surface area contributed by atoms with Gasteiger partial charge >= 0.3 is 0 Å². The van der Waals surface area contributed by atoms with Gasteiger partial charge in [-0.15, -0.1) is 0 Å². The van der Waals surface area contributed by atoms with Gasteiger partial charge in [0.1, 0.15) is 24.3 Å². The molecule has 0 amide bonds. The van der Waals surface area contributed by atoms with Gasteiger partial charge in [-0.05, 0) is 43.5 Å². The zero-order chi connectivity index (χ0) is 14.3. The molecule has 1 aromatic carbocycles. The molecule has 0 aliphatic heterocycles. The summed E-state index contributed by atoms with van der Waals surface area (Å²) in [6, 6.07) is 6.16. The molecule has 0 spiro atoms. The summed E-state index contributed by atoms with van der Waals surface area (Å²) in [5.41, 5.74) is 0. The Labute approximate surface area is 114 Å². The van der Waals surface area contributed by atoms with Crippen molar-refractivity contribution in [2.24, 2.45) is 5.92 Å². The van der Waals surface area contributed by atoms with E-state index in [9.17, 15) is 9.50 Å². The molecule has 108 valence electrons. The Morgan fingerprint density at radius 2 is 1.84 bits per heavy atom. The van der Waals surface area contributed by atoms with Crippen LogP contribution in [0.4, 0.5) is 4.39 Å². The van der Waals surface area contributed by atoms with E-state index in [1.165, 1.54) is 12.1 Å². The maximum Gasteiger partial charge on any atom is 0.123 e. The highest BCUT2D eigenvalue weighted by Crippen LogP contribution is 2.11. The van der Waals surface area contributed by atoms with E-state index >= 15 is 0 Å². The quantitative estimate of drug-likeness (QED) is 0.762. The Balaban J connectivity index is 2.20. The summed E-state index contributed by atoms with van der Waals surface area (Å²) in [7, 11) is 0. The second-order valence-corrected chi connectivity index (χ2v) is 5.36. The van der Waals surface area contributed by atoms with Crippen molar-refractivity contribution in [3.05, 3.63) is 30.1 Å². The van der Waals surface area contributed by atoms with Crippen LogP contribution in [-0.4, -0.2) is 30.4 Å². The largest absolute Gasteiger partial charge is 0.491 e. The van der Waals surface area contributed by atoms with Crippen LogP contribution >= 0.6 is 0 Å². The van der Waals surface area contributed by atoms with Crippen molar-refractivity contribution < 1.29 is 14.2 Å². The molecule has 2 atom stereocenters. The molecule has 0 bridgehead atoms. The number of halogens is 1. The fraction of sp³-hybridized carbons (Fsp3) is 0.600. The topological polar surface area (TPSA) is 41.5 Å². The van der Waals surface area contributed by atoms with Crippen LogP contribution in [0.1, 0.15) is 27.2 Å². The van der Waals surface area contributed by atoms with Crippen molar-refractivity contribution in [3.63, 3.8) is 0 Å². The number of ether oxygens (including phenoxy) is 1. The number of aliphatic hydroxyl groups is 1. The first-order chi connectivity index (χ1) is 8.97. The van der Waals surface area contributed by atoms with Crippen molar-refractivity contribution in [2.75, 3.05) is 13.2 Å². The Kier molecular flexibility index (Phi) is 6.81. The highest BCUT2D eigenvalue weighted by Gasteiger charge is 2.09. The predicted octanol–water partition coefficient (Wildman–Crippen LogP) is 2.59. The maximum absolute atomic E-state index is 12.7. The Morgan fingerprint density at radius 1 is 1.21 bits per heavy atom. The normalized spacial score (nSPS) is 14.4. The minimum Gasteiger partial charge on any atom is -0.491 e. The third-order valence-corrected chi connectivity index (χ3v) is 2.78. The third kappa shape index (κ3) is 7.13. The van der Waals surface area contributed by atoms with Gasteiger partial charge in [-0.2, -0.15) is 0 Å². The zero-order valence-electron chi connectivity index (χ0n) is 11.9. The van der Waals surface area contributed by atoms with Crippen molar-refractivity contribution in [2.45, 2.75) is 39.3 Å². The second kappa shape index (κ2) is 8.12. The van der Waals surface area contributed by atoms with E-state index in [1.54, 1.807) is 12.1 Å². The van der Waals surface area contributed by atoms with Gasteiger partial charge in [-0.25, -0.2) is 4.39 Å². The molecule has 1 aromatic rings. The van der Waals surface area contributed by atoms with E-state index in [1.807, 2.05) is 0 Å². The van der Waals surface area contributed by atoms with Crippen LogP contribution in [0.15, 0.2) is 24.3 Å². The smallest absolute Gasteiger partial charge is 0.123 e. The third-order valence-electron chi connectivity index (χ3n) is 2.78. The number of rotatable bonds is 8. The Morgan fingerprint density at radius 3 is 2.42 bits per heavy atom. The summed E-state index contributed by atoms with van der Waals surface area (Å²) >= 11 is 0. The van der Waals surface area contributed by atoms with Gasteiger partial charge in [-0.1, -0.05) is 13.8 Å². The molecule has 19 heavy (non-hydrogen) atoms. The van der Waals surface area contributed by atoms with Gasteiger partial charge in [0.15, 0.2) is 0 Å². The molecule has 3 nitrogen and oxygen atoms in total. The lowest BCUT2D eigenvalue weighted by Gasteiger charge is -2.19. The number of hydrogen-bond acceptors (Lipinski definition) is 3. The Bertz CT molecular complexity index is 354. The first kappa shape index (κ1) is 15.9. The van der Waals surface area contributed by atoms with Crippen LogP contribution in [-0.2, 0) is 0 Å². The average molecular weight is 269 g/mol. The standard InChI is InChI=1S/C15H24FNO2/c1-11(2)8-12(3)17-9-14(18)10-19-15-6-4-13(16)5-7-15/h4-7,11-12,14,17-18H,8-10H2,1-3H3. The molecule has 2 unspecified atom stereocenters. The predicted molar refractivity (Wildman–Crippen MR) is 74.8 cm³/mol. The SMILES string of the molecule is CC(C)CC(C)NCC(O)COc1ccc(F)cc1. The molecule has 0 heterocycles. The van der Waals surface area contributed by atoms with Crippen LogP contribution in [0.3, 0.4) is 0 Å². The molecule has 0 aliphatic carbocycles. The molecule has 0 saturated carbocycles. The minimum atomic E-state index is -0.570. The number of benzene rings is 1. The molecule has 1 rings (SSSR count). The zero-order valence-corrected chi connectivity index (χ0v) is 11.9. The van der Waals surface area contributed by atoms with Gasteiger partial charge < -0.3 is 15.2 Å². The lowest BCUT2D eigenvalue weighted by Crippen LogP contribution is -2.37. The van der Waals surface area contributed by atoms with Gasteiger partial charge in [-0.3, -0.25) is 0 Å². The van der Waals surface area contributed by atoms with Crippen LogP contribution in [0, 0.1) is 11.7 Å². The molecule has 0 radical (unpaired) electrons. The van der Waals surface area contributed by atoms with E-state index in [-0.39, 0.29) is 12.4 Å². The van der Waals surface area contributed by atoms with Gasteiger partial charge in [0.05, 0.1) is 0 Å². The van der Waals surface area contributed by atoms with Gasteiger partial charge in [0.2, 0.25) is 0 Å². The first-order valence-corrected chi connectivity index (χ1v) is 6.77. The highest BCUT2D eigenvalue weighted by molar-refractivity contribution is 5.22. The average Bonchev–Trinajstić information content (AvgIpc) is 2.35. The molecule has 4 heteroatoms. The summed E-state index contributed by atoms with van der Waals surface area (Å²) in [5, 5.41) is 13.1. The highest BCUT2D eigenvalue weighted by atomic mass is 19.1. The van der Waals surface area contributed by atoms with Crippen LogP contribution in [0.25, 0.3) is 0 Å². The van der Waals surface area contributed by atoms with E-state index in [0.29, 0.717) is 24.3 Å². The van der Waals surface area contributed by atoms with E-state index in [0.717, 1.165) is 6.42 Å². The molecule has 0 aliphatic rings. The van der Waals surface area contributed by atoms with Gasteiger partial charge in [0, 0.05) is 12.6 Å². The molecule has 0 aromatic heterocycles. The maximum atomic E-state index is 12.7. The lowest BCUT2D eigenvalue weighted by atomic mass is 10.1. The summed E-state index contributed by atoms with van der Waals surface area (Å²) in [6.45, 7) is 7.15. The monoisotopic (exact) mass is 269 g/mol. The van der Waals surface area contributed by atoms with Crippen LogP contribution in [0.5, 0.6) is 5.75 Å². The Hall–Kier alpha value is -1.13. The van der Waals surface area contributed by atoms with E-state index < -0.39 is 6.10 Å². The van der Waals surface area contributed by atoms with E-state index in [2.05, 4.69) is 26.1 Å². The molecule has 2 N–H and O–H groups in total. The molecule has 0 fully saturated rings. The minimum absolute atomic E-state index is 0.201. The summed E-state index contributed by atoms with van der Waals surface area (Å²) in [5.74, 6) is 0.905. The molecular formula is C15H24FNO2. The van der Waals surface area contributed by atoms with Crippen molar-refractivity contribution in [1.29, 1.82) is 0 Å². The van der Waals surface area contributed by atoms with Crippen LogP contribution < -0.4 is 10.1 Å². The lowest BCUT2D eigenvalue weighted by molar-refractivity contribution is 0.103. The van der Waals surface area contributed by atoms with Gasteiger partial charge in [0.25, 0.3) is 0 Å². The van der Waals surface area contributed by atoms with Crippen molar-refractivity contribution in [1.82, 2.24) is 5.32 Å². The molecular weight excluding hydrogens is 245 g/mol. The fourth-order valence-corrected chi connectivity index (χ4v) is 1.91. The van der Waals surface area contributed by atoms with Crippen LogP contribution in [0.2, 0.25) is 0 Å². The van der Waals surface area contributed by atoms with Crippen molar-refractivity contribution in [3.8, 4) is 5.75 Å². The summed E-state index contributed by atoms with van der Waals surface area (Å²) in [6.07, 6.45) is 0.505. The summed E-state index contributed by atoms with van der Waals surface area (Å²) in [4.78, 5) is 0. The number of aliphatic hydroxyl groups excluding tert-OH is 1. The van der Waals surface area contributed by atoms with E-state index in [4.69, 9.17) is 4.74 Å². The summed E-state index contributed by atoms with van der Waals surface area (Å²) < 4.78 is 18.1. The molecule has 0 saturated heterocycles. The first-order valence-electron chi connectivity index (χ1n) is 6.77. The second-order valence-electron chi connectivity index (χ2n) is 5.36. The fourth-order valence-electron chi connectivity index (χ4n) is 1.91.